The van der Waals surface area contributed by atoms with E-state index in [0.717, 1.165) is 11.1 Å². The molecular formula is C13H19ClO2Si. The van der Waals surface area contributed by atoms with Gasteiger partial charge >= 0.3 is 0 Å². The van der Waals surface area contributed by atoms with Crippen molar-refractivity contribution in [3.8, 4) is 5.75 Å². The lowest BCUT2D eigenvalue weighted by Crippen LogP contribution is -2.17. The summed E-state index contributed by atoms with van der Waals surface area (Å²) in [7, 11) is 0.541. The topological polar surface area (TPSA) is 26.3 Å². The zero-order valence-corrected chi connectivity index (χ0v) is 14.0. The first-order valence-corrected chi connectivity index (χ1v) is 6.78. The first-order valence-electron chi connectivity index (χ1n) is 5.58. The van der Waals surface area contributed by atoms with E-state index in [4.69, 9.17) is 16.0 Å². The summed E-state index contributed by atoms with van der Waals surface area (Å²) in [5.74, 6) is 0.646. The molecule has 94 valence electrons. The molecule has 0 atom stereocenters. The van der Waals surface area contributed by atoms with Gasteiger partial charge < -0.3 is 4.43 Å². The highest BCUT2D eigenvalue weighted by Crippen LogP contribution is 2.36. The Bertz CT molecular complexity index is 461. The maximum Gasteiger partial charge on any atom is 0.256 e. The van der Waals surface area contributed by atoms with E-state index in [0.29, 0.717) is 21.8 Å². The SMILES string of the molecule is Cc1cc(C(=O)Cl)c(O[SiH3])c(C)c1C(C)(C)C. The molecule has 0 aromatic heterocycles. The minimum Gasteiger partial charge on any atom is -0.552 e. The van der Waals surface area contributed by atoms with Crippen LogP contribution in [0.4, 0.5) is 0 Å². The summed E-state index contributed by atoms with van der Waals surface area (Å²) < 4.78 is 5.46. The average molecular weight is 271 g/mol. The lowest BCUT2D eigenvalue weighted by Gasteiger charge is -2.26. The van der Waals surface area contributed by atoms with E-state index in [-0.39, 0.29) is 5.41 Å². The van der Waals surface area contributed by atoms with E-state index in [1.54, 1.807) is 0 Å². The van der Waals surface area contributed by atoms with Crippen molar-refractivity contribution < 1.29 is 9.22 Å². The minimum absolute atomic E-state index is 0.0247. The molecule has 0 amide bonds. The molecule has 0 aliphatic heterocycles. The van der Waals surface area contributed by atoms with Gasteiger partial charge in [-0.3, -0.25) is 4.79 Å². The smallest absolute Gasteiger partial charge is 0.256 e. The second-order valence-corrected chi connectivity index (χ2v) is 6.05. The minimum atomic E-state index is -0.456. The third-order valence-electron chi connectivity index (χ3n) is 2.88. The Kier molecular flexibility index (Phi) is 4.05. The van der Waals surface area contributed by atoms with E-state index in [9.17, 15) is 4.79 Å². The number of carbonyl (C=O) groups excluding carboxylic acids is 1. The standard InChI is InChI=1S/C13H19ClO2Si/c1-7-6-9(12(14)15)11(16-17)8(2)10(7)13(3,4)5/h6H,1-5,17H3. The summed E-state index contributed by atoms with van der Waals surface area (Å²) in [5.41, 5.74) is 3.84. The van der Waals surface area contributed by atoms with Crippen molar-refractivity contribution >= 4 is 27.3 Å². The Balaban J connectivity index is 3.64. The summed E-state index contributed by atoms with van der Waals surface area (Å²) in [4.78, 5) is 11.4. The molecule has 0 aliphatic rings. The molecule has 0 radical (unpaired) electrons. The van der Waals surface area contributed by atoms with Gasteiger partial charge in [0.2, 0.25) is 10.5 Å². The highest BCUT2D eigenvalue weighted by atomic mass is 35.5. The van der Waals surface area contributed by atoms with Gasteiger partial charge in [0.1, 0.15) is 5.75 Å². The predicted octanol–water partition coefficient (Wildman–Crippen LogP) is 2.64. The Morgan fingerprint density at radius 2 is 1.88 bits per heavy atom. The molecule has 1 rings (SSSR count). The fraction of sp³-hybridized carbons (Fsp3) is 0.462. The van der Waals surface area contributed by atoms with E-state index in [1.807, 2.05) is 19.9 Å². The highest BCUT2D eigenvalue weighted by Gasteiger charge is 2.24. The Morgan fingerprint density at radius 3 is 2.24 bits per heavy atom. The Hall–Kier alpha value is -0.803. The van der Waals surface area contributed by atoms with Gasteiger partial charge in [0.05, 0.1) is 5.56 Å². The van der Waals surface area contributed by atoms with E-state index < -0.39 is 5.24 Å². The molecule has 2 nitrogen and oxygen atoms in total. The average Bonchev–Trinajstić information content (AvgIpc) is 2.14. The third kappa shape index (κ3) is 2.72. The number of hydrogen-bond acceptors (Lipinski definition) is 2. The van der Waals surface area contributed by atoms with Crippen LogP contribution in [0.2, 0.25) is 0 Å². The second-order valence-electron chi connectivity index (χ2n) is 5.30. The molecule has 0 N–H and O–H groups in total. The highest BCUT2D eigenvalue weighted by molar-refractivity contribution is 6.68. The van der Waals surface area contributed by atoms with Crippen molar-refractivity contribution in [2.45, 2.75) is 40.0 Å². The lowest BCUT2D eigenvalue weighted by molar-refractivity contribution is 0.107. The molecule has 0 spiro atoms. The maximum absolute atomic E-state index is 11.4. The molecule has 0 unspecified atom stereocenters. The normalized spacial score (nSPS) is 11.6. The van der Waals surface area contributed by atoms with Crippen LogP contribution >= 0.6 is 11.6 Å². The molecule has 0 saturated heterocycles. The van der Waals surface area contributed by atoms with Crippen LogP contribution < -0.4 is 4.43 Å². The van der Waals surface area contributed by atoms with Crippen molar-refractivity contribution in [3.05, 3.63) is 28.3 Å². The first kappa shape index (κ1) is 14.3. The largest absolute Gasteiger partial charge is 0.552 e. The molecular weight excluding hydrogens is 252 g/mol. The summed E-state index contributed by atoms with van der Waals surface area (Å²) in [6, 6.07) is 1.83. The van der Waals surface area contributed by atoms with Crippen molar-refractivity contribution in [2.24, 2.45) is 0 Å². The maximum atomic E-state index is 11.4. The monoisotopic (exact) mass is 270 g/mol. The number of hydrogen-bond donors (Lipinski definition) is 0. The number of benzene rings is 1. The predicted molar refractivity (Wildman–Crippen MR) is 75.4 cm³/mol. The summed E-state index contributed by atoms with van der Waals surface area (Å²) in [5, 5.41) is -0.456. The van der Waals surface area contributed by atoms with Crippen LogP contribution in [0.1, 0.15) is 47.8 Å². The van der Waals surface area contributed by atoms with E-state index in [2.05, 4.69) is 20.8 Å². The molecule has 0 bridgehead atoms. The van der Waals surface area contributed by atoms with E-state index in [1.165, 1.54) is 5.56 Å². The number of carbonyl (C=O) groups is 1. The first-order chi connectivity index (χ1) is 7.70. The van der Waals surface area contributed by atoms with Gasteiger partial charge in [-0.2, -0.15) is 0 Å². The zero-order chi connectivity index (χ0) is 13.4. The quantitative estimate of drug-likeness (QED) is 0.610. The van der Waals surface area contributed by atoms with Gasteiger partial charge in [-0.25, -0.2) is 0 Å². The van der Waals surface area contributed by atoms with Crippen LogP contribution in [-0.2, 0) is 5.41 Å². The summed E-state index contributed by atoms with van der Waals surface area (Å²) in [6.07, 6.45) is 0. The molecule has 0 aliphatic carbocycles. The van der Waals surface area contributed by atoms with Gasteiger partial charge in [0, 0.05) is 0 Å². The second kappa shape index (κ2) is 4.82. The van der Waals surface area contributed by atoms with E-state index >= 15 is 0 Å². The molecule has 1 aromatic rings. The molecule has 0 fully saturated rings. The van der Waals surface area contributed by atoms with Crippen molar-refractivity contribution in [1.82, 2.24) is 0 Å². The van der Waals surface area contributed by atoms with Crippen molar-refractivity contribution in [3.63, 3.8) is 0 Å². The van der Waals surface area contributed by atoms with Gasteiger partial charge in [0.25, 0.3) is 5.24 Å². The van der Waals surface area contributed by atoms with Crippen LogP contribution in [-0.4, -0.2) is 15.7 Å². The zero-order valence-electron chi connectivity index (χ0n) is 11.3. The number of aryl methyl sites for hydroxylation is 1. The fourth-order valence-electron chi connectivity index (χ4n) is 2.53. The van der Waals surface area contributed by atoms with Crippen LogP contribution in [0, 0.1) is 13.8 Å². The fourth-order valence-corrected chi connectivity index (χ4v) is 3.20. The molecule has 0 heterocycles. The van der Waals surface area contributed by atoms with Gasteiger partial charge in [-0.15, -0.1) is 0 Å². The van der Waals surface area contributed by atoms with Gasteiger partial charge in [0.15, 0.2) is 0 Å². The van der Waals surface area contributed by atoms with Crippen LogP contribution in [0.15, 0.2) is 6.07 Å². The van der Waals surface area contributed by atoms with Crippen LogP contribution in [0.3, 0.4) is 0 Å². The molecule has 4 heteroatoms. The Labute approximate surface area is 111 Å². The summed E-state index contributed by atoms with van der Waals surface area (Å²) in [6.45, 7) is 10.5. The summed E-state index contributed by atoms with van der Waals surface area (Å²) >= 11 is 5.59. The lowest BCUT2D eigenvalue weighted by atomic mass is 9.80. The van der Waals surface area contributed by atoms with Crippen molar-refractivity contribution in [1.29, 1.82) is 0 Å². The third-order valence-corrected chi connectivity index (χ3v) is 3.49. The molecule has 17 heavy (non-hydrogen) atoms. The van der Waals surface area contributed by atoms with Gasteiger partial charge in [-0.05, 0) is 53.6 Å². The van der Waals surface area contributed by atoms with Crippen LogP contribution in [0.5, 0.6) is 5.75 Å². The number of halogens is 1. The Morgan fingerprint density at radius 1 is 1.35 bits per heavy atom. The van der Waals surface area contributed by atoms with Crippen LogP contribution in [0.25, 0.3) is 0 Å². The number of rotatable bonds is 2. The van der Waals surface area contributed by atoms with Crippen molar-refractivity contribution in [2.75, 3.05) is 0 Å². The van der Waals surface area contributed by atoms with Gasteiger partial charge in [-0.1, -0.05) is 20.8 Å². The molecule has 1 aromatic carbocycles. The molecule has 0 saturated carbocycles.